The molecule has 1 heterocycles. The van der Waals surface area contributed by atoms with Gasteiger partial charge < -0.3 is 10.6 Å². The van der Waals surface area contributed by atoms with Crippen LogP contribution in [0.2, 0.25) is 0 Å². The zero-order chi connectivity index (χ0) is 14.8. The van der Waals surface area contributed by atoms with E-state index in [1.807, 2.05) is 7.05 Å². The lowest BCUT2D eigenvalue weighted by atomic mass is 9.96. The maximum absolute atomic E-state index is 12.8. The fourth-order valence-electron chi connectivity index (χ4n) is 3.29. The second-order valence-electron chi connectivity index (χ2n) is 6.08. The minimum Gasteiger partial charge on any atom is -0.329 e. The Labute approximate surface area is 123 Å². The van der Waals surface area contributed by atoms with Crippen molar-refractivity contribution in [3.63, 3.8) is 0 Å². The molecule has 2 N–H and O–H groups in total. The van der Waals surface area contributed by atoms with Crippen LogP contribution in [0.4, 0.5) is 0 Å². The molecule has 7 heteroatoms. The lowest BCUT2D eigenvalue weighted by Gasteiger charge is -2.42. The number of nitrogens with two attached hydrogens (primary N) is 1. The van der Waals surface area contributed by atoms with Crippen LogP contribution in [0.15, 0.2) is 0 Å². The van der Waals surface area contributed by atoms with Crippen LogP contribution in [-0.2, 0) is 10.2 Å². The highest BCUT2D eigenvalue weighted by Crippen LogP contribution is 2.26. The third-order valence-electron chi connectivity index (χ3n) is 4.65. The summed E-state index contributed by atoms with van der Waals surface area (Å²) in [6.07, 6.45) is 5.46. The summed E-state index contributed by atoms with van der Waals surface area (Å²) in [4.78, 5) is 2.14. The second-order valence-corrected chi connectivity index (χ2v) is 8.02. The number of likely N-dealkylation sites (N-methyl/N-ethyl adjacent to an activating group) is 1. The number of nitrogens with zero attached hydrogens (tertiary/aromatic N) is 3. The van der Waals surface area contributed by atoms with Crippen LogP contribution in [0.3, 0.4) is 0 Å². The van der Waals surface area contributed by atoms with E-state index in [2.05, 4.69) is 4.90 Å². The van der Waals surface area contributed by atoms with Gasteiger partial charge in [0.05, 0.1) is 6.04 Å². The van der Waals surface area contributed by atoms with Gasteiger partial charge in [0, 0.05) is 39.3 Å². The standard InChI is InChI=1S/C13H28N4O2S/c1-15-8-9-17(13(10-14)11-15)20(18,19)16(2)12-6-4-3-5-7-12/h12-13H,3-11,14H2,1-2H3. The molecule has 0 aromatic rings. The molecular weight excluding hydrogens is 276 g/mol. The van der Waals surface area contributed by atoms with Crippen molar-refractivity contribution in [2.45, 2.75) is 44.2 Å². The normalized spacial score (nSPS) is 28.1. The fraction of sp³-hybridized carbons (Fsp3) is 1.00. The fourth-order valence-corrected chi connectivity index (χ4v) is 5.05. The van der Waals surface area contributed by atoms with Crippen molar-refractivity contribution in [3.8, 4) is 0 Å². The summed E-state index contributed by atoms with van der Waals surface area (Å²) >= 11 is 0. The molecule has 118 valence electrons. The number of hydrogen-bond donors (Lipinski definition) is 1. The molecule has 2 aliphatic rings. The van der Waals surface area contributed by atoms with E-state index in [1.54, 1.807) is 15.7 Å². The third kappa shape index (κ3) is 3.33. The van der Waals surface area contributed by atoms with Crippen molar-refractivity contribution in [2.75, 3.05) is 40.3 Å². The van der Waals surface area contributed by atoms with E-state index in [0.717, 1.165) is 32.2 Å². The predicted octanol–water partition coefficient (Wildman–Crippen LogP) is 0.0704. The molecule has 1 aliphatic heterocycles. The van der Waals surface area contributed by atoms with Gasteiger partial charge in [0.1, 0.15) is 0 Å². The highest BCUT2D eigenvalue weighted by molar-refractivity contribution is 7.86. The SMILES string of the molecule is CN1CCN(S(=O)(=O)N(C)C2CCCCC2)C(CN)C1. The first-order chi connectivity index (χ1) is 9.46. The Kier molecular flexibility index (Phi) is 5.42. The first kappa shape index (κ1) is 16.2. The molecule has 0 bridgehead atoms. The Bertz CT molecular complexity index is 409. The van der Waals surface area contributed by atoms with E-state index >= 15 is 0 Å². The van der Waals surface area contributed by atoms with Crippen LogP contribution in [0, 0.1) is 0 Å². The smallest absolute Gasteiger partial charge is 0.282 e. The summed E-state index contributed by atoms with van der Waals surface area (Å²) in [5, 5.41) is 0. The summed E-state index contributed by atoms with van der Waals surface area (Å²) in [5.41, 5.74) is 5.78. The highest BCUT2D eigenvalue weighted by atomic mass is 32.2. The lowest BCUT2D eigenvalue weighted by Crippen LogP contribution is -2.60. The van der Waals surface area contributed by atoms with Gasteiger partial charge in [0.25, 0.3) is 10.2 Å². The molecule has 1 saturated heterocycles. The summed E-state index contributed by atoms with van der Waals surface area (Å²) in [7, 11) is 0.358. The molecule has 0 radical (unpaired) electrons. The number of hydrogen-bond acceptors (Lipinski definition) is 4. The van der Waals surface area contributed by atoms with E-state index in [1.165, 1.54) is 6.42 Å². The van der Waals surface area contributed by atoms with Crippen molar-refractivity contribution >= 4 is 10.2 Å². The van der Waals surface area contributed by atoms with Crippen LogP contribution >= 0.6 is 0 Å². The van der Waals surface area contributed by atoms with E-state index < -0.39 is 10.2 Å². The molecule has 2 fully saturated rings. The molecule has 6 nitrogen and oxygen atoms in total. The third-order valence-corrected chi connectivity index (χ3v) is 6.75. The number of rotatable bonds is 4. The quantitative estimate of drug-likeness (QED) is 0.798. The van der Waals surface area contributed by atoms with Crippen molar-refractivity contribution in [2.24, 2.45) is 5.73 Å². The number of piperazine rings is 1. The van der Waals surface area contributed by atoms with Gasteiger partial charge in [-0.15, -0.1) is 0 Å². The molecular formula is C13H28N4O2S. The summed E-state index contributed by atoms with van der Waals surface area (Å²) in [5.74, 6) is 0. The molecule has 0 spiro atoms. The highest BCUT2D eigenvalue weighted by Gasteiger charge is 2.38. The van der Waals surface area contributed by atoms with Crippen LogP contribution < -0.4 is 5.73 Å². The summed E-state index contributed by atoms with van der Waals surface area (Å²) < 4.78 is 28.9. The zero-order valence-corrected chi connectivity index (χ0v) is 13.5. The first-order valence-electron chi connectivity index (χ1n) is 7.60. The minimum absolute atomic E-state index is 0.107. The first-order valence-corrected chi connectivity index (χ1v) is 9.00. The molecule has 2 rings (SSSR count). The zero-order valence-electron chi connectivity index (χ0n) is 12.7. The molecule has 0 amide bonds. The Morgan fingerprint density at radius 2 is 1.85 bits per heavy atom. The Morgan fingerprint density at radius 1 is 1.20 bits per heavy atom. The molecule has 1 aliphatic carbocycles. The van der Waals surface area contributed by atoms with E-state index in [9.17, 15) is 8.42 Å². The van der Waals surface area contributed by atoms with Gasteiger partial charge in [-0.2, -0.15) is 17.0 Å². The van der Waals surface area contributed by atoms with E-state index in [0.29, 0.717) is 19.6 Å². The van der Waals surface area contributed by atoms with Crippen LogP contribution in [0.5, 0.6) is 0 Å². The lowest BCUT2D eigenvalue weighted by molar-refractivity contribution is 0.151. The maximum Gasteiger partial charge on any atom is 0.282 e. The van der Waals surface area contributed by atoms with Crippen LogP contribution in [0.1, 0.15) is 32.1 Å². The molecule has 0 aromatic carbocycles. The monoisotopic (exact) mass is 304 g/mol. The average Bonchev–Trinajstić information content (AvgIpc) is 2.46. The van der Waals surface area contributed by atoms with Crippen LogP contribution in [0.25, 0.3) is 0 Å². The molecule has 20 heavy (non-hydrogen) atoms. The summed E-state index contributed by atoms with van der Waals surface area (Å²) in [6.45, 7) is 2.41. The van der Waals surface area contributed by atoms with Crippen LogP contribution in [-0.4, -0.2) is 74.3 Å². The van der Waals surface area contributed by atoms with Crippen molar-refractivity contribution in [3.05, 3.63) is 0 Å². The van der Waals surface area contributed by atoms with Crippen molar-refractivity contribution < 1.29 is 8.42 Å². The molecule has 1 unspecified atom stereocenters. The molecule has 1 saturated carbocycles. The second kappa shape index (κ2) is 6.70. The molecule has 0 aromatic heterocycles. The van der Waals surface area contributed by atoms with Gasteiger partial charge >= 0.3 is 0 Å². The Morgan fingerprint density at radius 3 is 2.45 bits per heavy atom. The van der Waals surface area contributed by atoms with Gasteiger partial charge in [0.2, 0.25) is 0 Å². The van der Waals surface area contributed by atoms with E-state index in [4.69, 9.17) is 5.73 Å². The minimum atomic E-state index is -3.39. The Balaban J connectivity index is 2.11. The predicted molar refractivity (Wildman–Crippen MR) is 80.6 cm³/mol. The van der Waals surface area contributed by atoms with Crippen molar-refractivity contribution in [1.82, 2.24) is 13.5 Å². The van der Waals surface area contributed by atoms with Gasteiger partial charge in [-0.3, -0.25) is 0 Å². The molecule has 1 atom stereocenters. The van der Waals surface area contributed by atoms with Gasteiger partial charge in [-0.1, -0.05) is 19.3 Å². The summed E-state index contributed by atoms with van der Waals surface area (Å²) in [6, 6.07) is 0.0524. The topological polar surface area (TPSA) is 69.9 Å². The van der Waals surface area contributed by atoms with E-state index in [-0.39, 0.29) is 12.1 Å². The van der Waals surface area contributed by atoms with Gasteiger partial charge in [-0.25, -0.2) is 0 Å². The largest absolute Gasteiger partial charge is 0.329 e. The van der Waals surface area contributed by atoms with Gasteiger partial charge in [0.15, 0.2) is 0 Å². The maximum atomic E-state index is 12.8. The van der Waals surface area contributed by atoms with Crippen molar-refractivity contribution in [1.29, 1.82) is 0 Å². The average molecular weight is 304 g/mol. The van der Waals surface area contributed by atoms with Gasteiger partial charge in [-0.05, 0) is 19.9 Å². The Hall–Kier alpha value is -0.210.